The molecule has 5 rings (SSSR count). The zero-order valence-corrected chi connectivity index (χ0v) is 21.6. The minimum atomic E-state index is -4.60. The van der Waals surface area contributed by atoms with E-state index in [0.717, 1.165) is 12.3 Å². The summed E-state index contributed by atoms with van der Waals surface area (Å²) < 4.78 is 69.8. The van der Waals surface area contributed by atoms with E-state index in [2.05, 4.69) is 4.98 Å². The number of likely N-dealkylation sites (tertiary alicyclic amines) is 1. The van der Waals surface area contributed by atoms with Crippen LogP contribution in [0, 0.1) is 17.6 Å². The van der Waals surface area contributed by atoms with Gasteiger partial charge in [-0.2, -0.15) is 13.2 Å². The number of thiazole rings is 1. The Kier molecular flexibility index (Phi) is 8.01. The first-order valence-corrected chi connectivity index (χ1v) is 12.6. The highest BCUT2D eigenvalue weighted by Crippen LogP contribution is 2.36. The van der Waals surface area contributed by atoms with Crippen molar-refractivity contribution in [3.63, 3.8) is 0 Å². The van der Waals surface area contributed by atoms with E-state index in [4.69, 9.17) is 5.11 Å². The van der Waals surface area contributed by atoms with Crippen LogP contribution < -0.4 is 0 Å². The molecule has 3 aromatic rings. The molecule has 2 aliphatic heterocycles. The van der Waals surface area contributed by atoms with Gasteiger partial charge in [-0.25, -0.2) is 13.8 Å². The summed E-state index contributed by atoms with van der Waals surface area (Å²) in [6.07, 6.45) is -2.25. The van der Waals surface area contributed by atoms with Crippen molar-refractivity contribution in [2.24, 2.45) is 5.92 Å². The Bertz CT molecular complexity index is 1370. The van der Waals surface area contributed by atoms with Crippen LogP contribution in [0.3, 0.4) is 0 Å². The molecule has 0 atom stereocenters. The molecular formula is C24H24ClF5N4O3S. The van der Waals surface area contributed by atoms with E-state index in [0.29, 0.717) is 66.9 Å². The molecule has 0 bridgehead atoms. The average Bonchev–Trinajstić information content (AvgIpc) is 3.43. The fraction of sp³-hybridized carbons (Fsp3) is 0.458. The molecule has 38 heavy (non-hydrogen) atoms. The minimum absolute atomic E-state index is 0. The molecule has 7 nitrogen and oxygen atoms in total. The van der Waals surface area contributed by atoms with Gasteiger partial charge in [-0.05, 0) is 44.0 Å². The fourth-order valence-corrected chi connectivity index (χ4v) is 5.94. The van der Waals surface area contributed by atoms with Crippen LogP contribution in [0.4, 0.5) is 22.0 Å². The smallest absolute Gasteiger partial charge is 0.443 e. The molecule has 1 aromatic carbocycles. The van der Waals surface area contributed by atoms with Gasteiger partial charge in [0.05, 0.1) is 31.1 Å². The van der Waals surface area contributed by atoms with Gasteiger partial charge in [-0.15, -0.1) is 23.7 Å². The third-order valence-electron chi connectivity index (χ3n) is 7.03. The van der Waals surface area contributed by atoms with Crippen molar-refractivity contribution in [1.82, 2.24) is 19.4 Å². The number of aromatic nitrogens is 2. The summed E-state index contributed by atoms with van der Waals surface area (Å²) in [5, 5.41) is 8.50. The first kappa shape index (κ1) is 28.2. The highest BCUT2D eigenvalue weighted by Gasteiger charge is 2.35. The number of fused-ring (bicyclic) bond motifs is 3. The SMILES string of the molecule is Cl.O=C(O)C1CCN(CC(=O)N2CCc3c(n(Cc4cnc(C(F)(F)F)s4)c4c(F)cc(F)cc34)C2)CC1. The van der Waals surface area contributed by atoms with Crippen molar-refractivity contribution < 1.29 is 36.6 Å². The summed E-state index contributed by atoms with van der Waals surface area (Å²) in [6.45, 7) is 1.40. The molecule has 0 unspecified atom stereocenters. The Hall–Kier alpha value is -2.77. The van der Waals surface area contributed by atoms with E-state index in [9.17, 15) is 31.5 Å². The summed E-state index contributed by atoms with van der Waals surface area (Å²) in [7, 11) is 0. The third kappa shape index (κ3) is 5.50. The molecule has 14 heteroatoms. The number of carboxylic acids is 1. The van der Waals surface area contributed by atoms with Crippen LogP contribution in [-0.4, -0.2) is 62.5 Å². The predicted octanol–water partition coefficient (Wildman–Crippen LogP) is 4.55. The van der Waals surface area contributed by atoms with Crippen molar-refractivity contribution in [2.45, 2.75) is 38.5 Å². The molecule has 1 fully saturated rings. The Morgan fingerprint density at radius 3 is 2.47 bits per heavy atom. The lowest BCUT2D eigenvalue weighted by molar-refractivity contribution is -0.143. The maximum Gasteiger partial charge on any atom is 0.443 e. The van der Waals surface area contributed by atoms with Gasteiger partial charge in [0.25, 0.3) is 0 Å². The molecule has 4 heterocycles. The van der Waals surface area contributed by atoms with Crippen LogP contribution in [0.25, 0.3) is 10.9 Å². The van der Waals surface area contributed by atoms with Crippen LogP contribution in [0.5, 0.6) is 0 Å². The van der Waals surface area contributed by atoms with Crippen molar-refractivity contribution in [1.29, 1.82) is 0 Å². The van der Waals surface area contributed by atoms with E-state index < -0.39 is 34.7 Å². The Morgan fingerprint density at radius 1 is 1.13 bits per heavy atom. The number of benzene rings is 1. The largest absolute Gasteiger partial charge is 0.481 e. The van der Waals surface area contributed by atoms with E-state index >= 15 is 0 Å². The molecule has 0 radical (unpaired) electrons. The van der Waals surface area contributed by atoms with E-state index in [1.54, 1.807) is 4.90 Å². The molecule has 1 saturated heterocycles. The predicted molar refractivity (Wildman–Crippen MR) is 131 cm³/mol. The molecule has 0 saturated carbocycles. The summed E-state index contributed by atoms with van der Waals surface area (Å²) in [6, 6.07) is 1.95. The van der Waals surface area contributed by atoms with E-state index in [1.807, 2.05) is 4.90 Å². The number of aliphatic carboxylic acids is 1. The molecule has 1 N–H and O–H groups in total. The first-order valence-electron chi connectivity index (χ1n) is 11.7. The van der Waals surface area contributed by atoms with Gasteiger partial charge >= 0.3 is 12.1 Å². The normalized spacial score (nSPS) is 16.9. The first-order chi connectivity index (χ1) is 17.5. The number of halogens is 6. The Labute approximate surface area is 224 Å². The molecular weight excluding hydrogens is 555 g/mol. The number of hydrogen-bond acceptors (Lipinski definition) is 5. The van der Waals surface area contributed by atoms with Gasteiger partial charge in [0, 0.05) is 34.8 Å². The molecule has 206 valence electrons. The second-order valence-electron chi connectivity index (χ2n) is 9.38. The van der Waals surface area contributed by atoms with Crippen molar-refractivity contribution in [3.8, 4) is 0 Å². The van der Waals surface area contributed by atoms with Crippen molar-refractivity contribution in [3.05, 3.63) is 51.1 Å². The highest BCUT2D eigenvalue weighted by molar-refractivity contribution is 7.11. The summed E-state index contributed by atoms with van der Waals surface area (Å²) >= 11 is 0.456. The van der Waals surface area contributed by atoms with Crippen LogP contribution in [0.15, 0.2) is 18.3 Å². The van der Waals surface area contributed by atoms with Gasteiger partial charge < -0.3 is 14.6 Å². The quantitative estimate of drug-likeness (QED) is 0.450. The number of piperidine rings is 1. The topological polar surface area (TPSA) is 78.7 Å². The number of carbonyl (C=O) groups excluding carboxylic acids is 1. The lowest BCUT2D eigenvalue weighted by Gasteiger charge is -2.33. The number of nitrogens with zero attached hydrogens (tertiary/aromatic N) is 4. The zero-order chi connectivity index (χ0) is 26.5. The van der Waals surface area contributed by atoms with Gasteiger partial charge in [0.15, 0.2) is 5.01 Å². The molecule has 0 aliphatic carbocycles. The van der Waals surface area contributed by atoms with E-state index in [-0.39, 0.29) is 48.3 Å². The van der Waals surface area contributed by atoms with Gasteiger partial charge in [0.1, 0.15) is 11.6 Å². The summed E-state index contributed by atoms with van der Waals surface area (Å²) in [4.78, 5) is 31.5. The number of amides is 1. The molecule has 2 aliphatic rings. The maximum absolute atomic E-state index is 15.0. The number of carbonyl (C=O) groups is 2. The van der Waals surface area contributed by atoms with Crippen LogP contribution in [-0.2, 0) is 35.3 Å². The van der Waals surface area contributed by atoms with Crippen LogP contribution in [0.2, 0.25) is 0 Å². The standard InChI is InChI=1S/C24H23F5N4O3S.ClH/c25-14-7-17-16-3-6-32(20(34)12-31-4-1-13(2-5-31)22(35)36)11-19(16)33(21(17)18(26)8-14)10-15-9-30-23(37-15)24(27,28)29;/h7-9,13H,1-6,10-12H2,(H,35,36);1H. The lowest BCUT2D eigenvalue weighted by atomic mass is 9.97. The second kappa shape index (κ2) is 10.8. The number of rotatable bonds is 5. The van der Waals surface area contributed by atoms with E-state index in [1.165, 1.54) is 10.6 Å². The zero-order valence-electron chi connectivity index (χ0n) is 19.9. The van der Waals surface area contributed by atoms with Crippen molar-refractivity contribution >= 4 is 46.5 Å². The number of alkyl halides is 3. The Balaban J connectivity index is 0.00000336. The molecule has 0 spiro atoms. The number of hydrogen-bond donors (Lipinski definition) is 1. The average molecular weight is 579 g/mol. The lowest BCUT2D eigenvalue weighted by Crippen LogP contribution is -2.45. The Morgan fingerprint density at radius 2 is 1.84 bits per heavy atom. The van der Waals surface area contributed by atoms with Crippen LogP contribution >= 0.6 is 23.7 Å². The third-order valence-corrected chi connectivity index (χ3v) is 8.06. The van der Waals surface area contributed by atoms with Crippen LogP contribution in [0.1, 0.15) is 34.0 Å². The highest BCUT2D eigenvalue weighted by atomic mass is 35.5. The molecule has 2 aromatic heterocycles. The van der Waals surface area contributed by atoms with Gasteiger partial charge in [-0.1, -0.05) is 0 Å². The number of carboxylic acid groups (broad SMARTS) is 1. The van der Waals surface area contributed by atoms with Gasteiger partial charge in [-0.3, -0.25) is 14.5 Å². The minimum Gasteiger partial charge on any atom is -0.481 e. The maximum atomic E-state index is 15.0. The molecule has 1 amide bonds. The second-order valence-corrected chi connectivity index (χ2v) is 10.5. The van der Waals surface area contributed by atoms with Crippen molar-refractivity contribution in [2.75, 3.05) is 26.2 Å². The summed E-state index contributed by atoms with van der Waals surface area (Å²) in [5.41, 5.74) is 1.30. The monoisotopic (exact) mass is 578 g/mol. The fourth-order valence-electron chi connectivity index (χ4n) is 5.17. The van der Waals surface area contributed by atoms with Gasteiger partial charge in [0.2, 0.25) is 5.91 Å². The summed E-state index contributed by atoms with van der Waals surface area (Å²) in [5.74, 6) is -3.02.